The molecule has 0 saturated carbocycles. The molecule has 24 heavy (non-hydrogen) atoms. The molecule has 0 aromatic carbocycles. The molecule has 0 aromatic rings. The fourth-order valence-electron chi connectivity index (χ4n) is 3.45. The lowest BCUT2D eigenvalue weighted by Crippen LogP contribution is -2.44. The third-order valence-electron chi connectivity index (χ3n) is 5.01. The van der Waals surface area contributed by atoms with Gasteiger partial charge in [-0.2, -0.15) is 0 Å². The zero-order chi connectivity index (χ0) is 17.8. The first-order valence-electron chi connectivity index (χ1n) is 8.73. The van der Waals surface area contributed by atoms with Crippen molar-refractivity contribution in [2.24, 2.45) is 11.8 Å². The molecule has 2 aliphatic heterocycles. The van der Waals surface area contributed by atoms with Gasteiger partial charge in [0.15, 0.2) is 0 Å². The van der Waals surface area contributed by atoms with Gasteiger partial charge in [-0.25, -0.2) is 25.4 Å². The first-order chi connectivity index (χ1) is 11.2. The van der Waals surface area contributed by atoms with Gasteiger partial charge < -0.3 is 4.74 Å². The third-order valence-corrected chi connectivity index (χ3v) is 8.36. The molecule has 2 saturated heterocycles. The maximum absolute atomic E-state index is 12.6. The minimum atomic E-state index is -3.26. The molecule has 0 bridgehead atoms. The van der Waals surface area contributed by atoms with Gasteiger partial charge in [0.1, 0.15) is 0 Å². The monoisotopic (exact) mass is 382 g/mol. The molecule has 0 aliphatic carbocycles. The second kappa shape index (κ2) is 8.44. The van der Waals surface area contributed by atoms with Crippen molar-refractivity contribution < 1.29 is 21.6 Å². The summed E-state index contributed by atoms with van der Waals surface area (Å²) in [5, 5.41) is 0. The maximum Gasteiger partial charge on any atom is 0.214 e. The van der Waals surface area contributed by atoms with E-state index in [0.717, 1.165) is 12.8 Å². The Morgan fingerprint density at radius 3 is 1.88 bits per heavy atom. The van der Waals surface area contributed by atoms with Crippen molar-refractivity contribution in [1.82, 2.24) is 8.61 Å². The van der Waals surface area contributed by atoms with Crippen LogP contribution in [0.25, 0.3) is 0 Å². The lowest BCUT2D eigenvalue weighted by Gasteiger charge is -2.34. The van der Waals surface area contributed by atoms with Crippen LogP contribution < -0.4 is 0 Å². The molecule has 0 amide bonds. The predicted molar refractivity (Wildman–Crippen MR) is 93.7 cm³/mol. The third kappa shape index (κ3) is 5.66. The Labute approximate surface area is 146 Å². The van der Waals surface area contributed by atoms with Crippen LogP contribution >= 0.6 is 0 Å². The Kier molecular flexibility index (Phi) is 7.07. The molecule has 7 nitrogen and oxygen atoms in total. The van der Waals surface area contributed by atoms with Gasteiger partial charge in [-0.1, -0.05) is 0 Å². The predicted octanol–water partition coefficient (Wildman–Crippen LogP) is 0.736. The van der Waals surface area contributed by atoms with Crippen molar-refractivity contribution in [2.45, 2.75) is 32.6 Å². The van der Waals surface area contributed by atoms with E-state index in [9.17, 15) is 16.8 Å². The fourth-order valence-corrected chi connectivity index (χ4v) is 6.23. The van der Waals surface area contributed by atoms with E-state index in [4.69, 9.17) is 4.74 Å². The number of nitrogens with zero attached hydrogens (tertiary/aromatic N) is 2. The zero-order valence-corrected chi connectivity index (χ0v) is 16.3. The van der Waals surface area contributed by atoms with Crippen molar-refractivity contribution in [3.05, 3.63) is 0 Å². The number of rotatable bonds is 7. The summed E-state index contributed by atoms with van der Waals surface area (Å²) in [7, 11) is -6.42. The maximum atomic E-state index is 12.6. The van der Waals surface area contributed by atoms with Crippen molar-refractivity contribution in [2.75, 3.05) is 51.4 Å². The average molecular weight is 383 g/mol. The first kappa shape index (κ1) is 20.1. The van der Waals surface area contributed by atoms with Crippen LogP contribution in [0, 0.1) is 11.8 Å². The molecule has 2 aliphatic rings. The van der Waals surface area contributed by atoms with Crippen LogP contribution in [-0.2, 0) is 24.8 Å². The van der Waals surface area contributed by atoms with Gasteiger partial charge >= 0.3 is 0 Å². The highest BCUT2D eigenvalue weighted by atomic mass is 32.2. The molecule has 0 aromatic heterocycles. The van der Waals surface area contributed by atoms with E-state index >= 15 is 0 Å². The zero-order valence-electron chi connectivity index (χ0n) is 14.7. The molecule has 2 heterocycles. The smallest absolute Gasteiger partial charge is 0.214 e. The van der Waals surface area contributed by atoms with Crippen molar-refractivity contribution in [1.29, 1.82) is 0 Å². The van der Waals surface area contributed by atoms with Crippen LogP contribution in [0.1, 0.15) is 32.6 Å². The lowest BCUT2D eigenvalue weighted by atomic mass is 9.99. The van der Waals surface area contributed by atoms with Crippen LogP contribution in [-0.4, -0.2) is 76.8 Å². The van der Waals surface area contributed by atoms with E-state index in [2.05, 4.69) is 0 Å². The second-order valence-electron chi connectivity index (χ2n) is 6.89. The summed E-state index contributed by atoms with van der Waals surface area (Å²) in [6, 6.07) is 0. The summed E-state index contributed by atoms with van der Waals surface area (Å²) in [6.45, 7) is 5.38. The standard InChI is InChI=1S/C15H30N2O5S2/c1-3-22-12-14-4-10-17(11-5-14)24(20,21)13-15-6-8-16(9-7-15)23(2,18)19/h14-15H,3-13H2,1-2H3. The number of hydrogen-bond acceptors (Lipinski definition) is 5. The van der Waals surface area contributed by atoms with Gasteiger partial charge in [0.05, 0.1) is 12.0 Å². The van der Waals surface area contributed by atoms with Crippen LogP contribution in [0.2, 0.25) is 0 Å². The highest BCUT2D eigenvalue weighted by Crippen LogP contribution is 2.25. The fraction of sp³-hybridized carbons (Fsp3) is 1.00. The van der Waals surface area contributed by atoms with Gasteiger partial charge in [-0.3, -0.25) is 0 Å². The van der Waals surface area contributed by atoms with E-state index in [1.54, 1.807) is 4.31 Å². The van der Waals surface area contributed by atoms with E-state index in [1.807, 2.05) is 6.92 Å². The molecule has 0 spiro atoms. The Morgan fingerprint density at radius 2 is 1.38 bits per heavy atom. The number of hydrogen-bond donors (Lipinski definition) is 0. The molecule has 0 atom stereocenters. The van der Waals surface area contributed by atoms with Crippen molar-refractivity contribution in [3.63, 3.8) is 0 Å². The molecule has 9 heteroatoms. The Morgan fingerprint density at radius 1 is 0.875 bits per heavy atom. The van der Waals surface area contributed by atoms with Crippen LogP contribution in [0.15, 0.2) is 0 Å². The van der Waals surface area contributed by atoms with Gasteiger partial charge in [0.2, 0.25) is 20.0 Å². The highest BCUT2D eigenvalue weighted by molar-refractivity contribution is 7.89. The van der Waals surface area contributed by atoms with Crippen molar-refractivity contribution in [3.8, 4) is 0 Å². The van der Waals surface area contributed by atoms with Gasteiger partial charge in [-0.05, 0) is 44.4 Å². The van der Waals surface area contributed by atoms with Crippen molar-refractivity contribution >= 4 is 20.0 Å². The molecule has 2 fully saturated rings. The summed E-state index contributed by atoms with van der Waals surface area (Å²) in [5.74, 6) is 0.643. The molecule has 0 unspecified atom stereocenters. The number of ether oxygens (including phenoxy) is 1. The van der Waals surface area contributed by atoms with Crippen LogP contribution in [0.3, 0.4) is 0 Å². The SMILES string of the molecule is CCOCC1CCN(S(=O)(=O)CC2CCN(S(C)(=O)=O)CC2)CC1. The minimum absolute atomic E-state index is 0.0501. The van der Waals surface area contributed by atoms with E-state index in [1.165, 1.54) is 10.6 Å². The lowest BCUT2D eigenvalue weighted by molar-refractivity contribution is 0.0882. The molecular weight excluding hydrogens is 352 g/mol. The molecule has 142 valence electrons. The normalized spacial score (nSPS) is 23.6. The molecule has 2 rings (SSSR count). The second-order valence-corrected chi connectivity index (χ2v) is 10.9. The van der Waals surface area contributed by atoms with Gasteiger partial charge in [0, 0.05) is 39.4 Å². The molecule has 0 radical (unpaired) electrons. The Balaban J connectivity index is 1.80. The number of sulfonamides is 2. The van der Waals surface area contributed by atoms with E-state index in [-0.39, 0.29) is 11.7 Å². The summed E-state index contributed by atoms with van der Waals surface area (Å²) >= 11 is 0. The quantitative estimate of drug-likeness (QED) is 0.648. The molecular formula is C15H30N2O5S2. The van der Waals surface area contributed by atoms with E-state index < -0.39 is 20.0 Å². The van der Waals surface area contributed by atoms with Crippen LogP contribution in [0.5, 0.6) is 0 Å². The summed E-state index contributed by atoms with van der Waals surface area (Å²) in [5.41, 5.74) is 0. The minimum Gasteiger partial charge on any atom is -0.381 e. The highest BCUT2D eigenvalue weighted by Gasteiger charge is 2.32. The Bertz CT molecular complexity index is 589. The van der Waals surface area contributed by atoms with Crippen LogP contribution in [0.4, 0.5) is 0 Å². The van der Waals surface area contributed by atoms with Gasteiger partial charge in [-0.15, -0.1) is 0 Å². The largest absolute Gasteiger partial charge is 0.381 e. The summed E-state index contributed by atoms with van der Waals surface area (Å²) < 4.78 is 56.8. The first-order valence-corrected chi connectivity index (χ1v) is 12.2. The molecule has 0 N–H and O–H groups in total. The summed E-state index contributed by atoms with van der Waals surface area (Å²) in [4.78, 5) is 0. The van der Waals surface area contributed by atoms with Gasteiger partial charge in [0.25, 0.3) is 0 Å². The summed E-state index contributed by atoms with van der Waals surface area (Å²) in [6.07, 6.45) is 4.15. The topological polar surface area (TPSA) is 84.0 Å². The van der Waals surface area contributed by atoms with E-state index in [0.29, 0.717) is 58.2 Å². The Hall–Kier alpha value is -0.220. The number of piperidine rings is 2. The average Bonchev–Trinajstić information content (AvgIpc) is 2.52.